The van der Waals surface area contributed by atoms with Gasteiger partial charge in [-0.1, -0.05) is 0 Å². The quantitative estimate of drug-likeness (QED) is 0.796. The number of nitrogens with one attached hydrogen (secondary N) is 1. The van der Waals surface area contributed by atoms with Gasteiger partial charge in [-0.3, -0.25) is 9.48 Å². The van der Waals surface area contributed by atoms with Crippen LogP contribution in [0.5, 0.6) is 0 Å². The zero-order valence-corrected chi connectivity index (χ0v) is 9.65. The minimum Gasteiger partial charge on any atom is -0.337 e. The Labute approximate surface area is 95.4 Å². The van der Waals surface area contributed by atoms with Crippen LogP contribution in [-0.2, 0) is 17.9 Å². The van der Waals surface area contributed by atoms with Crippen molar-refractivity contribution in [3.05, 3.63) is 18.0 Å². The summed E-state index contributed by atoms with van der Waals surface area (Å²) in [6.07, 6.45) is 4.87. The number of hydrogen-bond donors (Lipinski definition) is 1. The second kappa shape index (κ2) is 5.12. The maximum absolute atomic E-state index is 11.7. The molecule has 1 aromatic rings. The highest BCUT2D eigenvalue weighted by molar-refractivity contribution is 5.78. The zero-order chi connectivity index (χ0) is 11.4. The van der Waals surface area contributed by atoms with E-state index >= 15 is 0 Å². The lowest BCUT2D eigenvalue weighted by molar-refractivity contribution is -0.130. The molecule has 1 aliphatic rings. The molecule has 5 nitrogen and oxygen atoms in total. The summed E-state index contributed by atoms with van der Waals surface area (Å²) < 4.78 is 1.88. The van der Waals surface area contributed by atoms with E-state index in [-0.39, 0.29) is 5.91 Å². The van der Waals surface area contributed by atoms with Crippen LogP contribution in [-0.4, -0.2) is 40.2 Å². The van der Waals surface area contributed by atoms with Gasteiger partial charge in [0, 0.05) is 31.4 Å². The lowest BCUT2D eigenvalue weighted by atomic mass is 10.3. The highest BCUT2D eigenvalue weighted by atomic mass is 16.2. The molecule has 2 rings (SSSR count). The van der Waals surface area contributed by atoms with E-state index in [1.807, 2.05) is 22.0 Å². The maximum atomic E-state index is 11.7. The summed E-state index contributed by atoms with van der Waals surface area (Å²) in [5.74, 6) is 0.182. The number of carbonyl (C=O) groups excluding carboxylic acids is 1. The number of amides is 1. The number of aromatic nitrogens is 2. The minimum absolute atomic E-state index is 0.182. The van der Waals surface area contributed by atoms with Crippen molar-refractivity contribution in [2.45, 2.75) is 26.4 Å². The van der Waals surface area contributed by atoms with Crippen LogP contribution >= 0.6 is 0 Å². The van der Waals surface area contributed by atoms with Crippen LogP contribution in [0.3, 0.4) is 0 Å². The molecule has 16 heavy (non-hydrogen) atoms. The normalized spacial score (nSPS) is 17.6. The summed E-state index contributed by atoms with van der Waals surface area (Å²) in [7, 11) is 0. The average molecular weight is 222 g/mol. The fraction of sp³-hybridized carbons (Fsp3) is 0.636. The molecule has 0 radical (unpaired) electrons. The standard InChI is InChI=1S/C11H18N4O/c1-2-15-9-10(6-13-15)8-14-5-3-4-12-7-11(14)16/h6,9,12H,2-5,7-8H2,1H3. The lowest BCUT2D eigenvalue weighted by Gasteiger charge is -2.18. The van der Waals surface area contributed by atoms with Crippen molar-refractivity contribution in [3.8, 4) is 0 Å². The lowest BCUT2D eigenvalue weighted by Crippen LogP contribution is -2.34. The van der Waals surface area contributed by atoms with Crippen LogP contribution in [0.15, 0.2) is 12.4 Å². The molecule has 0 spiro atoms. The molecule has 1 saturated heterocycles. The topological polar surface area (TPSA) is 50.2 Å². The van der Waals surface area contributed by atoms with Crippen molar-refractivity contribution < 1.29 is 4.79 Å². The fourth-order valence-corrected chi connectivity index (χ4v) is 1.88. The molecule has 0 aromatic carbocycles. The zero-order valence-electron chi connectivity index (χ0n) is 9.65. The van der Waals surface area contributed by atoms with Gasteiger partial charge in [0.1, 0.15) is 0 Å². The van der Waals surface area contributed by atoms with Crippen molar-refractivity contribution in [3.63, 3.8) is 0 Å². The van der Waals surface area contributed by atoms with Crippen LogP contribution in [0.4, 0.5) is 0 Å². The van der Waals surface area contributed by atoms with Crippen LogP contribution in [0.2, 0.25) is 0 Å². The number of hydrogen-bond acceptors (Lipinski definition) is 3. The summed E-state index contributed by atoms with van der Waals surface area (Å²) in [5.41, 5.74) is 1.11. The second-order valence-corrected chi connectivity index (χ2v) is 4.05. The van der Waals surface area contributed by atoms with E-state index in [9.17, 15) is 4.79 Å². The molecule has 0 unspecified atom stereocenters. The number of nitrogens with zero attached hydrogens (tertiary/aromatic N) is 3. The Morgan fingerprint density at radius 1 is 1.56 bits per heavy atom. The van der Waals surface area contributed by atoms with E-state index in [1.165, 1.54) is 0 Å². The molecular weight excluding hydrogens is 204 g/mol. The van der Waals surface area contributed by atoms with Gasteiger partial charge in [-0.05, 0) is 19.9 Å². The van der Waals surface area contributed by atoms with Gasteiger partial charge in [0.25, 0.3) is 0 Å². The molecule has 0 saturated carbocycles. The van der Waals surface area contributed by atoms with Gasteiger partial charge in [-0.25, -0.2) is 0 Å². The third kappa shape index (κ3) is 2.61. The highest BCUT2D eigenvalue weighted by Gasteiger charge is 2.16. The minimum atomic E-state index is 0.182. The first kappa shape index (κ1) is 11.1. The molecule has 1 aliphatic heterocycles. The Morgan fingerprint density at radius 2 is 2.44 bits per heavy atom. The Balaban J connectivity index is 1.99. The van der Waals surface area contributed by atoms with E-state index in [0.717, 1.165) is 31.6 Å². The molecule has 1 N–H and O–H groups in total. The Morgan fingerprint density at radius 3 is 3.19 bits per heavy atom. The van der Waals surface area contributed by atoms with Gasteiger partial charge >= 0.3 is 0 Å². The highest BCUT2D eigenvalue weighted by Crippen LogP contribution is 2.06. The van der Waals surface area contributed by atoms with E-state index in [0.29, 0.717) is 13.1 Å². The summed E-state index contributed by atoms with van der Waals surface area (Å²) in [6.45, 7) is 5.83. The molecule has 5 heteroatoms. The van der Waals surface area contributed by atoms with Crippen LogP contribution < -0.4 is 5.32 Å². The predicted molar refractivity (Wildman–Crippen MR) is 60.8 cm³/mol. The Kier molecular flexibility index (Phi) is 3.56. The molecule has 0 atom stereocenters. The SMILES string of the molecule is CCn1cc(CN2CCCNCC2=O)cn1. The van der Waals surface area contributed by atoms with Crippen molar-refractivity contribution in [1.82, 2.24) is 20.0 Å². The van der Waals surface area contributed by atoms with Crippen LogP contribution in [0.25, 0.3) is 0 Å². The third-order valence-electron chi connectivity index (χ3n) is 2.79. The van der Waals surface area contributed by atoms with Crippen molar-refractivity contribution in [2.75, 3.05) is 19.6 Å². The fourth-order valence-electron chi connectivity index (χ4n) is 1.88. The van der Waals surface area contributed by atoms with Crippen molar-refractivity contribution in [1.29, 1.82) is 0 Å². The molecule has 0 bridgehead atoms. The number of aryl methyl sites for hydroxylation is 1. The average Bonchev–Trinajstić information content (AvgIpc) is 2.65. The van der Waals surface area contributed by atoms with Crippen molar-refractivity contribution >= 4 is 5.91 Å². The van der Waals surface area contributed by atoms with Gasteiger partial charge < -0.3 is 10.2 Å². The molecule has 0 aliphatic carbocycles. The number of carbonyl (C=O) groups is 1. The monoisotopic (exact) mass is 222 g/mol. The smallest absolute Gasteiger partial charge is 0.236 e. The van der Waals surface area contributed by atoms with Crippen LogP contribution in [0.1, 0.15) is 18.9 Å². The van der Waals surface area contributed by atoms with Gasteiger partial charge in [0.05, 0.1) is 12.7 Å². The Hall–Kier alpha value is -1.36. The van der Waals surface area contributed by atoms with E-state index < -0.39 is 0 Å². The molecule has 1 amide bonds. The largest absolute Gasteiger partial charge is 0.337 e. The van der Waals surface area contributed by atoms with E-state index in [1.54, 1.807) is 0 Å². The predicted octanol–water partition coefficient (Wildman–Crippen LogP) is 0.225. The molecule has 1 fully saturated rings. The summed E-state index contributed by atoms with van der Waals surface area (Å²) >= 11 is 0. The third-order valence-corrected chi connectivity index (χ3v) is 2.79. The van der Waals surface area contributed by atoms with Crippen molar-refractivity contribution in [2.24, 2.45) is 0 Å². The van der Waals surface area contributed by atoms with Gasteiger partial charge in [0.2, 0.25) is 5.91 Å². The molecule has 1 aromatic heterocycles. The van der Waals surface area contributed by atoms with Gasteiger partial charge in [-0.2, -0.15) is 5.10 Å². The Bertz CT molecular complexity index is 361. The van der Waals surface area contributed by atoms with E-state index in [4.69, 9.17) is 0 Å². The maximum Gasteiger partial charge on any atom is 0.236 e. The molecular formula is C11H18N4O. The first-order chi connectivity index (χ1) is 7.79. The molecule has 88 valence electrons. The molecule has 2 heterocycles. The number of rotatable bonds is 3. The van der Waals surface area contributed by atoms with Crippen LogP contribution in [0, 0.1) is 0 Å². The first-order valence-electron chi connectivity index (χ1n) is 5.79. The summed E-state index contributed by atoms with van der Waals surface area (Å²) in [5, 5.41) is 7.33. The second-order valence-electron chi connectivity index (χ2n) is 4.05. The van der Waals surface area contributed by atoms with Gasteiger partial charge in [-0.15, -0.1) is 0 Å². The summed E-state index contributed by atoms with van der Waals surface area (Å²) in [4.78, 5) is 13.6. The van der Waals surface area contributed by atoms with Gasteiger partial charge in [0.15, 0.2) is 0 Å². The first-order valence-corrected chi connectivity index (χ1v) is 5.79. The summed E-state index contributed by atoms with van der Waals surface area (Å²) in [6, 6.07) is 0. The van der Waals surface area contributed by atoms with E-state index in [2.05, 4.69) is 17.3 Å².